The zero-order valence-corrected chi connectivity index (χ0v) is 12.0. The van der Waals surface area contributed by atoms with Crippen LogP contribution in [0.3, 0.4) is 0 Å². The van der Waals surface area contributed by atoms with Crippen molar-refractivity contribution in [2.45, 2.75) is 51.7 Å². The molecule has 0 atom stereocenters. The number of nitrogens with two attached hydrogens (primary N) is 1. The van der Waals surface area contributed by atoms with Gasteiger partial charge in [-0.1, -0.05) is 6.07 Å². The van der Waals surface area contributed by atoms with Crippen LogP contribution in [0.1, 0.15) is 39.7 Å². The van der Waals surface area contributed by atoms with Crippen LogP contribution >= 0.6 is 0 Å². The molecule has 0 radical (unpaired) electrons. The van der Waals surface area contributed by atoms with Gasteiger partial charge in [-0.3, -0.25) is 4.79 Å². The van der Waals surface area contributed by atoms with Crippen LogP contribution in [0, 0.1) is 0 Å². The van der Waals surface area contributed by atoms with Gasteiger partial charge in [0.1, 0.15) is 5.75 Å². The standard InChI is InChI=1S/C15H22N2O2/c1-14(2,16)8-7-10-5-6-11-12(9-10)19-15(3,4)13(18)17-11/h5-6,9H,7-8,16H2,1-4H3,(H,17,18). The van der Waals surface area contributed by atoms with Crippen molar-refractivity contribution in [1.29, 1.82) is 0 Å². The summed E-state index contributed by atoms with van der Waals surface area (Å²) in [6, 6.07) is 5.89. The molecule has 0 fully saturated rings. The molecule has 1 aromatic rings. The van der Waals surface area contributed by atoms with Crippen LogP contribution in [0.25, 0.3) is 0 Å². The van der Waals surface area contributed by atoms with Crippen molar-refractivity contribution >= 4 is 11.6 Å². The van der Waals surface area contributed by atoms with Gasteiger partial charge in [-0.15, -0.1) is 0 Å². The molecule has 1 aliphatic heterocycles. The SMILES string of the molecule is CC(C)(N)CCc1ccc2c(c1)OC(C)(C)C(=O)N2. The highest BCUT2D eigenvalue weighted by Crippen LogP contribution is 2.34. The average Bonchev–Trinajstić information content (AvgIpc) is 2.26. The van der Waals surface area contributed by atoms with Gasteiger partial charge in [0.05, 0.1) is 5.69 Å². The molecule has 0 saturated heterocycles. The number of carbonyl (C=O) groups excluding carboxylic acids is 1. The minimum absolute atomic E-state index is 0.115. The van der Waals surface area contributed by atoms with E-state index in [4.69, 9.17) is 10.5 Å². The molecular weight excluding hydrogens is 240 g/mol. The highest BCUT2D eigenvalue weighted by molar-refractivity contribution is 6.00. The van der Waals surface area contributed by atoms with Gasteiger partial charge in [0.2, 0.25) is 0 Å². The summed E-state index contributed by atoms with van der Waals surface area (Å²) in [6.45, 7) is 7.57. The van der Waals surface area contributed by atoms with Crippen molar-refractivity contribution in [3.05, 3.63) is 23.8 Å². The Morgan fingerprint density at radius 3 is 2.68 bits per heavy atom. The molecule has 0 unspecified atom stereocenters. The quantitative estimate of drug-likeness (QED) is 0.879. The fraction of sp³-hybridized carbons (Fsp3) is 0.533. The highest BCUT2D eigenvalue weighted by atomic mass is 16.5. The molecule has 1 heterocycles. The summed E-state index contributed by atoms with van der Waals surface area (Å²) in [5, 5.41) is 2.86. The van der Waals surface area contributed by atoms with Crippen molar-refractivity contribution < 1.29 is 9.53 Å². The second kappa shape index (κ2) is 4.53. The lowest BCUT2D eigenvalue weighted by Gasteiger charge is -2.31. The van der Waals surface area contributed by atoms with Gasteiger partial charge in [0, 0.05) is 5.54 Å². The molecule has 4 nitrogen and oxygen atoms in total. The van der Waals surface area contributed by atoms with Crippen molar-refractivity contribution in [2.24, 2.45) is 5.73 Å². The first-order valence-corrected chi connectivity index (χ1v) is 6.60. The van der Waals surface area contributed by atoms with Crippen LogP contribution in [-0.2, 0) is 11.2 Å². The van der Waals surface area contributed by atoms with Crippen LogP contribution in [0.4, 0.5) is 5.69 Å². The van der Waals surface area contributed by atoms with E-state index in [9.17, 15) is 4.79 Å². The van der Waals surface area contributed by atoms with Crippen molar-refractivity contribution in [3.63, 3.8) is 0 Å². The average molecular weight is 262 g/mol. The van der Waals surface area contributed by atoms with Gasteiger partial charge in [-0.2, -0.15) is 0 Å². The minimum atomic E-state index is -0.821. The van der Waals surface area contributed by atoms with Gasteiger partial charge in [-0.05, 0) is 58.2 Å². The first-order chi connectivity index (χ1) is 8.67. The summed E-state index contributed by atoms with van der Waals surface area (Å²) < 4.78 is 5.76. The third-order valence-electron chi connectivity index (χ3n) is 3.26. The van der Waals surface area contributed by atoms with E-state index < -0.39 is 5.60 Å². The Kier molecular flexibility index (Phi) is 3.31. The maximum atomic E-state index is 11.8. The topological polar surface area (TPSA) is 64.3 Å². The summed E-state index contributed by atoms with van der Waals surface area (Å²) >= 11 is 0. The van der Waals surface area contributed by atoms with E-state index in [1.54, 1.807) is 13.8 Å². The number of aryl methyl sites for hydroxylation is 1. The van der Waals surface area contributed by atoms with Gasteiger partial charge >= 0.3 is 0 Å². The van der Waals surface area contributed by atoms with Crippen LogP contribution in [-0.4, -0.2) is 17.0 Å². The maximum Gasteiger partial charge on any atom is 0.268 e. The van der Waals surface area contributed by atoms with Crippen molar-refractivity contribution in [1.82, 2.24) is 0 Å². The minimum Gasteiger partial charge on any atom is -0.476 e. The number of hydrogen-bond donors (Lipinski definition) is 2. The maximum absolute atomic E-state index is 11.8. The van der Waals surface area contributed by atoms with Crippen LogP contribution in [0.2, 0.25) is 0 Å². The number of ether oxygens (including phenoxy) is 1. The van der Waals surface area contributed by atoms with Gasteiger partial charge < -0.3 is 15.8 Å². The van der Waals surface area contributed by atoms with Crippen LogP contribution < -0.4 is 15.8 Å². The first-order valence-electron chi connectivity index (χ1n) is 6.60. The second-order valence-electron chi connectivity index (χ2n) is 6.39. The molecule has 2 rings (SSSR count). The molecule has 104 valence electrons. The van der Waals surface area contributed by atoms with E-state index in [2.05, 4.69) is 5.32 Å². The lowest BCUT2D eigenvalue weighted by molar-refractivity contribution is -0.129. The molecule has 0 bridgehead atoms. The molecule has 0 saturated carbocycles. The van der Waals surface area contributed by atoms with Crippen LogP contribution in [0.5, 0.6) is 5.75 Å². The molecule has 0 spiro atoms. The van der Waals surface area contributed by atoms with Gasteiger partial charge in [0.25, 0.3) is 5.91 Å². The Hall–Kier alpha value is -1.55. The largest absolute Gasteiger partial charge is 0.476 e. The number of nitrogens with one attached hydrogen (secondary N) is 1. The molecule has 1 aliphatic rings. The smallest absolute Gasteiger partial charge is 0.268 e. The summed E-state index contributed by atoms with van der Waals surface area (Å²) in [4.78, 5) is 11.8. The Morgan fingerprint density at radius 1 is 1.37 bits per heavy atom. The van der Waals surface area contributed by atoms with E-state index in [0.717, 1.165) is 24.3 Å². The lowest BCUT2D eigenvalue weighted by Crippen LogP contribution is -2.45. The summed E-state index contributed by atoms with van der Waals surface area (Å²) in [5.41, 5.74) is 6.90. The summed E-state index contributed by atoms with van der Waals surface area (Å²) in [6.07, 6.45) is 1.80. The van der Waals surface area contributed by atoms with E-state index in [1.807, 2.05) is 32.0 Å². The van der Waals surface area contributed by atoms with E-state index in [0.29, 0.717) is 0 Å². The zero-order valence-electron chi connectivity index (χ0n) is 12.0. The van der Waals surface area contributed by atoms with Gasteiger partial charge in [0.15, 0.2) is 5.60 Å². The monoisotopic (exact) mass is 262 g/mol. The Morgan fingerprint density at radius 2 is 2.05 bits per heavy atom. The molecule has 1 aromatic carbocycles. The third-order valence-corrected chi connectivity index (χ3v) is 3.26. The normalized spacial score (nSPS) is 17.4. The second-order valence-corrected chi connectivity index (χ2v) is 6.39. The number of anilines is 1. The fourth-order valence-corrected chi connectivity index (χ4v) is 1.97. The highest BCUT2D eigenvalue weighted by Gasteiger charge is 2.35. The Labute approximate surface area is 114 Å². The van der Waals surface area contributed by atoms with E-state index in [1.165, 1.54) is 5.56 Å². The fourth-order valence-electron chi connectivity index (χ4n) is 1.97. The molecule has 1 amide bonds. The number of rotatable bonds is 3. The summed E-state index contributed by atoms with van der Waals surface area (Å²) in [7, 11) is 0. The zero-order chi connectivity index (χ0) is 14.3. The van der Waals surface area contributed by atoms with Crippen molar-refractivity contribution in [3.8, 4) is 5.75 Å². The Balaban J connectivity index is 2.18. The number of amides is 1. The first kappa shape index (κ1) is 13.9. The number of hydrogen-bond acceptors (Lipinski definition) is 3. The van der Waals surface area contributed by atoms with E-state index in [-0.39, 0.29) is 11.4 Å². The Bertz CT molecular complexity index is 501. The predicted octanol–water partition coefficient (Wildman–Crippen LogP) is 2.47. The molecular formula is C15H22N2O2. The lowest BCUT2D eigenvalue weighted by atomic mass is 9.96. The van der Waals surface area contributed by atoms with Crippen LogP contribution in [0.15, 0.2) is 18.2 Å². The molecule has 19 heavy (non-hydrogen) atoms. The predicted molar refractivity (Wildman–Crippen MR) is 76.4 cm³/mol. The molecule has 4 heteroatoms. The third kappa shape index (κ3) is 3.26. The van der Waals surface area contributed by atoms with E-state index >= 15 is 0 Å². The number of carbonyl (C=O) groups is 1. The van der Waals surface area contributed by atoms with Gasteiger partial charge in [-0.25, -0.2) is 0 Å². The number of benzene rings is 1. The number of fused-ring (bicyclic) bond motifs is 1. The van der Waals surface area contributed by atoms with Crippen molar-refractivity contribution in [2.75, 3.05) is 5.32 Å². The molecule has 0 aliphatic carbocycles. The molecule has 0 aromatic heterocycles. The summed E-state index contributed by atoms with van der Waals surface area (Å²) in [5.74, 6) is 0.618. The molecule has 3 N–H and O–H groups in total.